The van der Waals surface area contributed by atoms with Crippen molar-refractivity contribution >= 4 is 11.9 Å². The molecule has 0 radical (unpaired) electrons. The van der Waals surface area contributed by atoms with E-state index in [4.69, 9.17) is 15.3 Å². The quantitative estimate of drug-likeness (QED) is 0.411. The van der Waals surface area contributed by atoms with Gasteiger partial charge in [-0.15, -0.1) is 0 Å². The molecule has 6 heteroatoms. The maximum Gasteiger partial charge on any atom is 0.305 e. The molecule has 6 nitrogen and oxygen atoms in total. The van der Waals surface area contributed by atoms with E-state index in [2.05, 4.69) is 4.74 Å². The first kappa shape index (κ1) is 20.2. The van der Waals surface area contributed by atoms with E-state index in [9.17, 15) is 9.59 Å². The average Bonchev–Trinajstić information content (AvgIpc) is 2.40. The summed E-state index contributed by atoms with van der Waals surface area (Å²) in [6.45, 7) is 0.566. The number of ether oxygens (including phenoxy) is 1. The second kappa shape index (κ2) is 16.9. The second-order valence-electron chi connectivity index (χ2n) is 4.04. The fourth-order valence-corrected chi connectivity index (χ4v) is 1.22. The summed E-state index contributed by atoms with van der Waals surface area (Å²) in [5, 5.41) is 24.8. The van der Waals surface area contributed by atoms with Gasteiger partial charge in [0.1, 0.15) is 0 Å². The Morgan fingerprint density at radius 2 is 1.32 bits per heavy atom. The molecule has 0 spiro atoms. The van der Waals surface area contributed by atoms with Crippen molar-refractivity contribution in [2.75, 3.05) is 20.3 Å². The first-order valence-electron chi connectivity index (χ1n) is 6.58. The van der Waals surface area contributed by atoms with Gasteiger partial charge in [0.15, 0.2) is 0 Å². The fraction of sp³-hybridized carbons (Fsp3) is 0.846. The summed E-state index contributed by atoms with van der Waals surface area (Å²) in [6.07, 6.45) is 5.37. The highest BCUT2D eigenvalue weighted by Crippen LogP contribution is 2.00. The number of carbonyl (C=O) groups excluding carboxylic acids is 1. The number of carboxylic acid groups (broad SMARTS) is 1. The topological polar surface area (TPSA) is 104 Å². The van der Waals surface area contributed by atoms with Crippen molar-refractivity contribution in [2.45, 2.75) is 51.4 Å². The molecule has 0 rings (SSSR count). The van der Waals surface area contributed by atoms with E-state index in [0.717, 1.165) is 25.7 Å². The van der Waals surface area contributed by atoms with E-state index in [-0.39, 0.29) is 25.6 Å². The average molecular weight is 278 g/mol. The lowest BCUT2D eigenvalue weighted by Crippen LogP contribution is -2.00. The molecule has 0 fully saturated rings. The minimum atomic E-state index is -0.824. The number of rotatable bonds is 10. The van der Waals surface area contributed by atoms with Gasteiger partial charge in [-0.2, -0.15) is 0 Å². The number of carbonyl (C=O) groups is 2. The molecule has 0 aliphatic carbocycles. The van der Waals surface area contributed by atoms with Crippen LogP contribution >= 0.6 is 0 Å². The van der Waals surface area contributed by atoms with Crippen molar-refractivity contribution in [1.29, 1.82) is 0 Å². The second-order valence-corrected chi connectivity index (χ2v) is 4.04. The number of unbranched alkanes of at least 4 members (excludes halogenated alkanes) is 4. The fourth-order valence-electron chi connectivity index (χ4n) is 1.22. The van der Waals surface area contributed by atoms with E-state index >= 15 is 0 Å². The number of hydrogen-bond donors (Lipinski definition) is 3. The summed E-state index contributed by atoms with van der Waals surface area (Å²) in [5.74, 6) is -1.11. The van der Waals surface area contributed by atoms with Gasteiger partial charge in [-0.1, -0.05) is 12.8 Å². The van der Waals surface area contributed by atoms with E-state index in [1.807, 2.05) is 0 Å². The first-order valence-corrected chi connectivity index (χ1v) is 6.58. The van der Waals surface area contributed by atoms with Crippen LogP contribution in [0.15, 0.2) is 0 Å². The Morgan fingerprint density at radius 1 is 0.842 bits per heavy atom. The molecule has 3 N–H and O–H groups in total. The van der Waals surface area contributed by atoms with Crippen molar-refractivity contribution in [3.8, 4) is 0 Å². The Kier molecular flexibility index (Phi) is 17.9. The van der Waals surface area contributed by atoms with Gasteiger partial charge in [-0.3, -0.25) is 9.59 Å². The summed E-state index contributed by atoms with van der Waals surface area (Å²) in [7, 11) is 1.32. The van der Waals surface area contributed by atoms with Crippen LogP contribution in [-0.4, -0.2) is 47.6 Å². The highest BCUT2D eigenvalue weighted by molar-refractivity contribution is 5.69. The predicted molar refractivity (Wildman–Crippen MR) is 70.8 cm³/mol. The van der Waals surface area contributed by atoms with Crippen LogP contribution in [0.3, 0.4) is 0 Å². The van der Waals surface area contributed by atoms with Crippen LogP contribution in [0.5, 0.6) is 0 Å². The van der Waals surface area contributed by atoms with E-state index in [0.29, 0.717) is 19.3 Å². The first-order chi connectivity index (χ1) is 9.08. The Hall–Kier alpha value is -1.14. The third-order valence-electron chi connectivity index (χ3n) is 2.32. The number of esters is 1. The number of aliphatic hydroxyl groups is 2. The SMILES string of the molecule is COC(=O)CCCCC(=O)O.OCCCCCCO. The van der Waals surface area contributed by atoms with Crippen LogP contribution in [0.2, 0.25) is 0 Å². The predicted octanol–water partition coefficient (Wildman–Crippen LogP) is 1.34. The van der Waals surface area contributed by atoms with Crippen LogP contribution in [0.25, 0.3) is 0 Å². The van der Waals surface area contributed by atoms with Crippen molar-refractivity contribution in [3.05, 3.63) is 0 Å². The monoisotopic (exact) mass is 278 g/mol. The molecule has 0 aromatic carbocycles. The molecule has 0 saturated carbocycles. The lowest BCUT2D eigenvalue weighted by atomic mass is 10.2. The summed E-state index contributed by atoms with van der Waals surface area (Å²) in [6, 6.07) is 0. The van der Waals surface area contributed by atoms with Crippen LogP contribution in [0, 0.1) is 0 Å². The van der Waals surface area contributed by atoms with Gasteiger partial charge in [0.2, 0.25) is 0 Å². The summed E-state index contributed by atoms with van der Waals surface area (Å²) in [4.78, 5) is 20.5. The van der Waals surface area contributed by atoms with Gasteiger partial charge in [-0.05, 0) is 25.7 Å². The van der Waals surface area contributed by atoms with Crippen LogP contribution in [0.4, 0.5) is 0 Å². The van der Waals surface area contributed by atoms with Gasteiger partial charge in [-0.25, -0.2) is 0 Å². The zero-order valence-electron chi connectivity index (χ0n) is 11.6. The van der Waals surface area contributed by atoms with Crippen molar-refractivity contribution in [1.82, 2.24) is 0 Å². The third-order valence-corrected chi connectivity index (χ3v) is 2.32. The highest BCUT2D eigenvalue weighted by Gasteiger charge is 2.01. The maximum atomic E-state index is 10.5. The molecule has 0 unspecified atom stereocenters. The molecule has 0 aromatic rings. The number of aliphatic carboxylic acids is 1. The van der Waals surface area contributed by atoms with E-state index in [1.54, 1.807) is 0 Å². The van der Waals surface area contributed by atoms with Crippen LogP contribution < -0.4 is 0 Å². The van der Waals surface area contributed by atoms with E-state index < -0.39 is 5.97 Å². The van der Waals surface area contributed by atoms with Gasteiger partial charge in [0.05, 0.1) is 7.11 Å². The molecule has 0 amide bonds. The third kappa shape index (κ3) is 22.5. The van der Waals surface area contributed by atoms with Crippen molar-refractivity contribution < 1.29 is 29.6 Å². The molecule has 19 heavy (non-hydrogen) atoms. The molecular weight excluding hydrogens is 252 g/mol. The molecule has 0 heterocycles. The number of methoxy groups -OCH3 is 1. The van der Waals surface area contributed by atoms with Gasteiger partial charge < -0.3 is 20.1 Å². The molecular formula is C13H26O6. The zero-order valence-corrected chi connectivity index (χ0v) is 11.6. The Balaban J connectivity index is 0. The number of hydrogen-bond acceptors (Lipinski definition) is 5. The molecule has 0 aromatic heterocycles. The van der Waals surface area contributed by atoms with Crippen molar-refractivity contribution in [3.63, 3.8) is 0 Å². The number of aliphatic hydroxyl groups excluding tert-OH is 2. The normalized spacial score (nSPS) is 9.42. The van der Waals surface area contributed by atoms with Crippen LogP contribution in [0.1, 0.15) is 51.4 Å². The standard InChI is InChI=1S/C7H12O4.C6H14O2/c1-11-7(10)5-3-2-4-6(8)9;7-5-3-1-2-4-6-8/h2-5H2,1H3,(H,8,9);7-8H,1-6H2. The van der Waals surface area contributed by atoms with Crippen molar-refractivity contribution in [2.24, 2.45) is 0 Å². The lowest BCUT2D eigenvalue weighted by molar-refractivity contribution is -0.141. The smallest absolute Gasteiger partial charge is 0.305 e. The van der Waals surface area contributed by atoms with Gasteiger partial charge in [0.25, 0.3) is 0 Å². The highest BCUT2D eigenvalue weighted by atomic mass is 16.5. The number of carboxylic acids is 1. The summed E-state index contributed by atoms with van der Waals surface area (Å²) >= 11 is 0. The lowest BCUT2D eigenvalue weighted by Gasteiger charge is -1.96. The molecule has 0 aliphatic heterocycles. The van der Waals surface area contributed by atoms with E-state index in [1.165, 1.54) is 7.11 Å². The zero-order chi connectivity index (χ0) is 14.9. The summed E-state index contributed by atoms with van der Waals surface area (Å²) in [5.41, 5.74) is 0. The Labute approximate surface area is 114 Å². The van der Waals surface area contributed by atoms with Gasteiger partial charge >= 0.3 is 11.9 Å². The largest absolute Gasteiger partial charge is 0.481 e. The molecule has 0 bridgehead atoms. The molecule has 0 saturated heterocycles. The molecule has 114 valence electrons. The minimum absolute atomic E-state index is 0.122. The molecule has 0 aliphatic rings. The minimum Gasteiger partial charge on any atom is -0.481 e. The Bertz CT molecular complexity index is 211. The van der Waals surface area contributed by atoms with Gasteiger partial charge in [0, 0.05) is 26.1 Å². The summed E-state index contributed by atoms with van der Waals surface area (Å²) < 4.78 is 4.37. The molecule has 0 atom stereocenters. The van der Waals surface area contributed by atoms with Crippen LogP contribution in [-0.2, 0) is 14.3 Å². The Morgan fingerprint density at radius 3 is 1.68 bits per heavy atom. The maximum absolute atomic E-state index is 10.5.